The maximum atomic E-state index is 12.3. The Kier molecular flexibility index (Phi) is 15.3. The largest absolute Gasteiger partial charge is 1.00 e. The van der Waals surface area contributed by atoms with E-state index in [1.165, 1.54) is 31.4 Å². The van der Waals surface area contributed by atoms with Crippen molar-refractivity contribution in [1.29, 1.82) is 0 Å². The van der Waals surface area contributed by atoms with Gasteiger partial charge in [0.2, 0.25) is 0 Å². The second-order valence-electron chi connectivity index (χ2n) is 6.55. The van der Waals surface area contributed by atoms with Crippen LogP contribution in [0.3, 0.4) is 0 Å². The van der Waals surface area contributed by atoms with E-state index in [1.807, 2.05) is 0 Å². The first kappa shape index (κ1) is 28.1. The molecule has 0 heterocycles. The molecular weight excluding hydrogens is 407 g/mol. The molecule has 0 fully saturated rings. The molecule has 1 aromatic rings. The molecule has 0 aromatic heterocycles. The minimum Gasteiger partial charge on any atom is -0.748 e. The molecule has 158 valence electrons. The molecule has 0 bridgehead atoms. The minimum atomic E-state index is -4.26. The molecule has 7 nitrogen and oxygen atoms in total. The van der Waals surface area contributed by atoms with E-state index in [0.717, 1.165) is 19.3 Å². The normalized spacial score (nSPS) is 10.8. The quantitative estimate of drug-likeness (QED) is 0.183. The van der Waals surface area contributed by atoms with Gasteiger partial charge in [-0.15, -0.1) is 0 Å². The van der Waals surface area contributed by atoms with Crippen LogP contribution in [0.5, 0.6) is 0 Å². The Bertz CT molecular complexity index is 719. The van der Waals surface area contributed by atoms with Crippen LogP contribution in [0.15, 0.2) is 24.3 Å². The molecule has 0 amide bonds. The van der Waals surface area contributed by atoms with Crippen LogP contribution < -0.4 is 29.6 Å². The van der Waals surface area contributed by atoms with Crippen LogP contribution in [-0.2, 0) is 19.6 Å². The van der Waals surface area contributed by atoms with Crippen molar-refractivity contribution in [2.75, 3.05) is 19.0 Å². The fourth-order valence-corrected chi connectivity index (χ4v) is 3.15. The molecular formula is C20H29NaO7S. The summed E-state index contributed by atoms with van der Waals surface area (Å²) >= 11 is 0. The molecule has 0 aliphatic rings. The van der Waals surface area contributed by atoms with Crippen molar-refractivity contribution in [3.05, 3.63) is 35.4 Å². The number of carbonyl (C=O) groups is 2. The molecule has 1 aromatic carbocycles. The monoisotopic (exact) mass is 436 g/mol. The SMILES string of the molecule is CCCCCCCCOC(=O)c1ccccc1C(=O)OCCCCS(=O)(=O)[O-].[Na+]. The molecule has 0 radical (unpaired) electrons. The fraction of sp³-hybridized carbons (Fsp3) is 0.600. The van der Waals surface area contributed by atoms with Crippen molar-refractivity contribution in [1.82, 2.24) is 0 Å². The van der Waals surface area contributed by atoms with E-state index >= 15 is 0 Å². The topological polar surface area (TPSA) is 110 Å². The number of rotatable bonds is 14. The van der Waals surface area contributed by atoms with E-state index in [2.05, 4.69) is 6.92 Å². The van der Waals surface area contributed by atoms with Gasteiger partial charge in [0.1, 0.15) is 0 Å². The minimum absolute atomic E-state index is 0. The molecule has 0 spiro atoms. The summed E-state index contributed by atoms with van der Waals surface area (Å²) in [6, 6.07) is 6.23. The van der Waals surface area contributed by atoms with Crippen molar-refractivity contribution >= 4 is 22.1 Å². The first-order chi connectivity index (χ1) is 13.3. The van der Waals surface area contributed by atoms with Gasteiger partial charge in [-0.25, -0.2) is 18.0 Å². The van der Waals surface area contributed by atoms with Crippen LogP contribution >= 0.6 is 0 Å². The zero-order valence-electron chi connectivity index (χ0n) is 17.4. The second-order valence-corrected chi connectivity index (χ2v) is 8.08. The van der Waals surface area contributed by atoms with Crippen molar-refractivity contribution in [2.24, 2.45) is 0 Å². The Morgan fingerprint density at radius 2 is 1.28 bits per heavy atom. The predicted octanol–water partition coefficient (Wildman–Crippen LogP) is 0.690. The van der Waals surface area contributed by atoms with Crippen LogP contribution in [0.4, 0.5) is 0 Å². The van der Waals surface area contributed by atoms with E-state index in [0.29, 0.717) is 6.61 Å². The molecule has 0 aliphatic carbocycles. The van der Waals surface area contributed by atoms with Crippen LogP contribution in [-0.4, -0.2) is 43.9 Å². The van der Waals surface area contributed by atoms with Gasteiger partial charge in [-0.1, -0.05) is 51.2 Å². The van der Waals surface area contributed by atoms with E-state index in [4.69, 9.17) is 9.47 Å². The molecule has 0 saturated carbocycles. The average molecular weight is 437 g/mol. The first-order valence-electron chi connectivity index (χ1n) is 9.72. The van der Waals surface area contributed by atoms with Gasteiger partial charge in [0.05, 0.1) is 34.5 Å². The molecule has 0 N–H and O–H groups in total. The Balaban J connectivity index is 0.00000784. The van der Waals surface area contributed by atoms with Gasteiger partial charge in [-0.05, 0) is 31.4 Å². The van der Waals surface area contributed by atoms with E-state index < -0.39 is 27.8 Å². The van der Waals surface area contributed by atoms with Crippen molar-refractivity contribution in [2.45, 2.75) is 58.3 Å². The van der Waals surface area contributed by atoms with Gasteiger partial charge in [-0.3, -0.25) is 0 Å². The third kappa shape index (κ3) is 13.1. The summed E-state index contributed by atoms with van der Waals surface area (Å²) in [5.74, 6) is -1.75. The molecule has 0 aliphatic heterocycles. The second kappa shape index (κ2) is 15.8. The molecule has 1 rings (SSSR count). The summed E-state index contributed by atoms with van der Waals surface area (Å²) in [4.78, 5) is 24.5. The van der Waals surface area contributed by atoms with Gasteiger partial charge < -0.3 is 14.0 Å². The Labute approximate surface area is 195 Å². The molecule has 29 heavy (non-hydrogen) atoms. The Morgan fingerprint density at radius 3 is 1.76 bits per heavy atom. The number of carbonyl (C=O) groups excluding carboxylic acids is 2. The first-order valence-corrected chi connectivity index (χ1v) is 11.3. The number of unbranched alkanes of at least 4 members (excludes halogenated alkanes) is 6. The van der Waals surface area contributed by atoms with Gasteiger partial charge >= 0.3 is 41.5 Å². The number of ether oxygens (including phenoxy) is 2. The summed E-state index contributed by atoms with van der Waals surface area (Å²) in [6.45, 7) is 2.43. The standard InChI is InChI=1S/C20H30O7S.Na/c1-2-3-4-5-6-9-14-26-19(21)17-12-7-8-13-18(17)20(22)27-15-10-11-16-28(23,24)25;/h7-8,12-13H,2-6,9-11,14-16H2,1H3,(H,23,24,25);/q;+1/p-1. The fourth-order valence-electron chi connectivity index (χ4n) is 2.59. The third-order valence-corrected chi connectivity index (χ3v) is 4.91. The van der Waals surface area contributed by atoms with Crippen LogP contribution in [0.2, 0.25) is 0 Å². The third-order valence-electron chi connectivity index (χ3n) is 4.12. The van der Waals surface area contributed by atoms with Gasteiger partial charge in [0.25, 0.3) is 0 Å². The summed E-state index contributed by atoms with van der Waals surface area (Å²) in [5.41, 5.74) is 0.243. The van der Waals surface area contributed by atoms with Crippen LogP contribution in [0.1, 0.15) is 79.0 Å². The summed E-state index contributed by atoms with van der Waals surface area (Å²) in [6.07, 6.45) is 6.82. The number of esters is 2. The maximum Gasteiger partial charge on any atom is 1.00 e. The van der Waals surface area contributed by atoms with Crippen LogP contribution in [0, 0.1) is 0 Å². The Morgan fingerprint density at radius 1 is 0.828 bits per heavy atom. The number of benzene rings is 1. The zero-order chi connectivity index (χ0) is 20.8. The van der Waals surface area contributed by atoms with Gasteiger partial charge in [0.15, 0.2) is 0 Å². The van der Waals surface area contributed by atoms with Crippen molar-refractivity contribution < 1.29 is 61.6 Å². The number of hydrogen-bond donors (Lipinski definition) is 0. The van der Waals surface area contributed by atoms with E-state index in [-0.39, 0.29) is 60.1 Å². The predicted molar refractivity (Wildman–Crippen MR) is 104 cm³/mol. The average Bonchev–Trinajstić information content (AvgIpc) is 2.65. The van der Waals surface area contributed by atoms with Crippen molar-refractivity contribution in [3.8, 4) is 0 Å². The van der Waals surface area contributed by atoms with E-state index in [9.17, 15) is 22.6 Å². The molecule has 9 heteroatoms. The van der Waals surface area contributed by atoms with E-state index in [1.54, 1.807) is 12.1 Å². The van der Waals surface area contributed by atoms with Gasteiger partial charge in [-0.2, -0.15) is 0 Å². The smallest absolute Gasteiger partial charge is 0.748 e. The molecule has 0 atom stereocenters. The summed E-state index contributed by atoms with van der Waals surface area (Å²) in [7, 11) is -4.26. The zero-order valence-corrected chi connectivity index (χ0v) is 20.2. The molecule has 0 unspecified atom stereocenters. The maximum absolute atomic E-state index is 12.3. The summed E-state index contributed by atoms with van der Waals surface area (Å²) in [5, 5.41) is 0. The molecule has 0 saturated heterocycles. The van der Waals surface area contributed by atoms with Crippen molar-refractivity contribution in [3.63, 3.8) is 0 Å². The van der Waals surface area contributed by atoms with Crippen LogP contribution in [0.25, 0.3) is 0 Å². The Hall–Kier alpha value is -0.930. The van der Waals surface area contributed by atoms with Gasteiger partial charge in [0, 0.05) is 5.75 Å². The number of hydrogen-bond acceptors (Lipinski definition) is 7. The summed E-state index contributed by atoms with van der Waals surface area (Å²) < 4.78 is 41.9.